The third-order valence-corrected chi connectivity index (χ3v) is 5.61. The maximum atomic E-state index is 6.11. The van der Waals surface area contributed by atoms with Crippen LogP contribution in [-0.2, 0) is 6.54 Å². The average Bonchev–Trinajstić information content (AvgIpc) is 3.31. The summed E-state index contributed by atoms with van der Waals surface area (Å²) >= 11 is 6.11. The van der Waals surface area contributed by atoms with E-state index in [4.69, 9.17) is 21.0 Å². The number of benzene rings is 1. The van der Waals surface area contributed by atoms with E-state index in [0.717, 1.165) is 72.4 Å². The quantitative estimate of drug-likeness (QED) is 0.551. The molecule has 0 saturated carbocycles. The van der Waals surface area contributed by atoms with Crippen molar-refractivity contribution in [2.45, 2.75) is 13.0 Å². The Hall–Kier alpha value is -2.67. The highest BCUT2D eigenvalue weighted by Crippen LogP contribution is 2.29. The molecular weight excluding hydrogens is 386 g/mol. The molecule has 1 aromatic carbocycles. The van der Waals surface area contributed by atoms with Gasteiger partial charge < -0.3 is 14.1 Å². The van der Waals surface area contributed by atoms with E-state index in [0.29, 0.717) is 0 Å². The molecule has 1 aliphatic heterocycles. The summed E-state index contributed by atoms with van der Waals surface area (Å²) in [6.07, 6.45) is 6.43. The van der Waals surface area contributed by atoms with Crippen molar-refractivity contribution < 1.29 is 4.42 Å². The van der Waals surface area contributed by atoms with Crippen molar-refractivity contribution in [1.29, 1.82) is 0 Å². The van der Waals surface area contributed by atoms with Crippen LogP contribution < -0.4 is 5.32 Å². The van der Waals surface area contributed by atoms with Gasteiger partial charge in [0.05, 0.1) is 17.6 Å². The number of halogens is 1. The zero-order valence-electron chi connectivity index (χ0n) is 16.0. The van der Waals surface area contributed by atoms with Crippen LogP contribution >= 0.6 is 11.6 Å². The van der Waals surface area contributed by atoms with Crippen LogP contribution in [0.3, 0.4) is 0 Å². The number of fused-ring (bicyclic) bond motifs is 1. The lowest BCUT2D eigenvalue weighted by atomic mass is 10.1. The van der Waals surface area contributed by atoms with Crippen LogP contribution in [0, 0.1) is 0 Å². The smallest absolute Gasteiger partial charge is 0.181 e. The molecule has 29 heavy (non-hydrogen) atoms. The molecule has 0 aliphatic carbocycles. The Morgan fingerprint density at radius 1 is 1.03 bits per heavy atom. The standard InChI is InChI=1S/C22H22ClN5O/c23-18-5-2-16(3-6-18)22-19(14-27-10-1-8-24-9-11-27)28-13-17(4-7-21(28)26-22)20-12-25-15-29-20/h2-7,12-13,15,24H,1,8-11,14H2. The Morgan fingerprint density at radius 3 is 2.72 bits per heavy atom. The molecule has 1 saturated heterocycles. The van der Waals surface area contributed by atoms with Crippen LogP contribution in [0.25, 0.3) is 28.2 Å². The van der Waals surface area contributed by atoms with Crippen molar-refractivity contribution >= 4 is 17.2 Å². The molecule has 1 N–H and O–H groups in total. The fourth-order valence-corrected chi connectivity index (χ4v) is 3.98. The maximum Gasteiger partial charge on any atom is 0.181 e. The molecule has 1 aliphatic rings. The number of nitrogens with one attached hydrogen (secondary N) is 1. The molecule has 5 rings (SSSR count). The number of rotatable bonds is 4. The first kappa shape index (κ1) is 18.4. The Balaban J connectivity index is 1.62. The van der Waals surface area contributed by atoms with Gasteiger partial charge in [-0.3, -0.25) is 4.90 Å². The van der Waals surface area contributed by atoms with Crippen molar-refractivity contribution in [2.75, 3.05) is 26.2 Å². The van der Waals surface area contributed by atoms with Gasteiger partial charge in [0, 0.05) is 42.0 Å². The number of hydrogen-bond acceptors (Lipinski definition) is 5. The van der Waals surface area contributed by atoms with Gasteiger partial charge in [0.25, 0.3) is 0 Å². The minimum Gasteiger partial charge on any atom is -0.443 e. The second-order valence-corrected chi connectivity index (χ2v) is 7.74. The summed E-state index contributed by atoms with van der Waals surface area (Å²) in [5.41, 5.74) is 5.14. The van der Waals surface area contributed by atoms with Gasteiger partial charge in [0.2, 0.25) is 0 Å². The summed E-state index contributed by atoms with van der Waals surface area (Å²) in [6.45, 7) is 5.01. The second kappa shape index (κ2) is 7.99. The Labute approximate surface area is 174 Å². The first-order valence-electron chi connectivity index (χ1n) is 9.87. The van der Waals surface area contributed by atoms with E-state index in [1.807, 2.05) is 36.4 Å². The molecule has 0 spiro atoms. The summed E-state index contributed by atoms with van der Waals surface area (Å²) in [4.78, 5) is 11.5. The van der Waals surface area contributed by atoms with Crippen molar-refractivity contribution in [3.8, 4) is 22.6 Å². The summed E-state index contributed by atoms with van der Waals surface area (Å²) in [6, 6.07) is 12.0. The highest BCUT2D eigenvalue weighted by molar-refractivity contribution is 6.30. The van der Waals surface area contributed by atoms with Gasteiger partial charge in [-0.05, 0) is 43.8 Å². The van der Waals surface area contributed by atoms with Crippen LogP contribution in [0.4, 0.5) is 0 Å². The number of pyridine rings is 1. The molecule has 0 bridgehead atoms. The van der Waals surface area contributed by atoms with Gasteiger partial charge in [-0.1, -0.05) is 23.7 Å². The van der Waals surface area contributed by atoms with Gasteiger partial charge in [-0.15, -0.1) is 0 Å². The molecule has 0 unspecified atom stereocenters. The first-order chi connectivity index (χ1) is 14.3. The number of imidazole rings is 1. The van der Waals surface area contributed by atoms with E-state index in [-0.39, 0.29) is 0 Å². The first-order valence-corrected chi connectivity index (χ1v) is 10.2. The van der Waals surface area contributed by atoms with E-state index in [9.17, 15) is 0 Å². The van der Waals surface area contributed by atoms with Crippen LogP contribution in [0.5, 0.6) is 0 Å². The molecule has 0 amide bonds. The molecule has 0 atom stereocenters. The van der Waals surface area contributed by atoms with Gasteiger partial charge in [0.1, 0.15) is 5.65 Å². The summed E-state index contributed by atoms with van der Waals surface area (Å²) in [7, 11) is 0. The normalized spacial score (nSPS) is 15.6. The van der Waals surface area contributed by atoms with Crippen LogP contribution in [-0.4, -0.2) is 45.4 Å². The Morgan fingerprint density at radius 2 is 1.90 bits per heavy atom. The Kier molecular flexibility index (Phi) is 5.06. The van der Waals surface area contributed by atoms with Crippen molar-refractivity contribution in [3.63, 3.8) is 0 Å². The van der Waals surface area contributed by atoms with E-state index in [1.165, 1.54) is 12.1 Å². The topological polar surface area (TPSA) is 58.6 Å². The predicted molar refractivity (Wildman–Crippen MR) is 114 cm³/mol. The van der Waals surface area contributed by atoms with E-state index in [2.05, 4.69) is 25.8 Å². The maximum absolute atomic E-state index is 6.11. The second-order valence-electron chi connectivity index (χ2n) is 7.31. The summed E-state index contributed by atoms with van der Waals surface area (Å²) < 4.78 is 7.68. The van der Waals surface area contributed by atoms with E-state index < -0.39 is 0 Å². The van der Waals surface area contributed by atoms with Crippen molar-refractivity contribution in [3.05, 3.63) is 65.9 Å². The van der Waals surface area contributed by atoms with E-state index >= 15 is 0 Å². The number of aromatic nitrogens is 3. The van der Waals surface area contributed by atoms with Gasteiger partial charge in [-0.2, -0.15) is 0 Å². The SMILES string of the molecule is Clc1ccc(-c2nc3ccc(-c4cnco4)cn3c2CN2CCCNCC2)cc1. The third-order valence-electron chi connectivity index (χ3n) is 5.36. The molecular formula is C22H22ClN5O. The van der Waals surface area contributed by atoms with E-state index in [1.54, 1.807) is 6.20 Å². The molecule has 148 valence electrons. The Bertz CT molecular complexity index is 1100. The largest absolute Gasteiger partial charge is 0.443 e. The molecule has 6 nitrogen and oxygen atoms in total. The van der Waals surface area contributed by atoms with Gasteiger partial charge in [-0.25, -0.2) is 9.97 Å². The van der Waals surface area contributed by atoms with Gasteiger partial charge >= 0.3 is 0 Å². The molecule has 7 heteroatoms. The zero-order chi connectivity index (χ0) is 19.6. The molecule has 1 fully saturated rings. The van der Waals surface area contributed by atoms with Crippen LogP contribution in [0.2, 0.25) is 5.02 Å². The minimum absolute atomic E-state index is 0.727. The van der Waals surface area contributed by atoms with Crippen molar-refractivity contribution in [2.24, 2.45) is 0 Å². The highest BCUT2D eigenvalue weighted by Gasteiger charge is 2.19. The molecule has 0 radical (unpaired) electrons. The number of hydrogen-bond donors (Lipinski definition) is 1. The lowest BCUT2D eigenvalue weighted by Gasteiger charge is -2.20. The lowest BCUT2D eigenvalue weighted by molar-refractivity contribution is 0.281. The lowest BCUT2D eigenvalue weighted by Crippen LogP contribution is -2.28. The van der Waals surface area contributed by atoms with Gasteiger partial charge in [0.15, 0.2) is 12.2 Å². The fourth-order valence-electron chi connectivity index (χ4n) is 3.86. The zero-order valence-corrected chi connectivity index (χ0v) is 16.8. The highest BCUT2D eigenvalue weighted by atomic mass is 35.5. The predicted octanol–water partition coefficient (Wildman–Crippen LogP) is 4.11. The molecule has 3 aromatic heterocycles. The average molecular weight is 408 g/mol. The summed E-state index contributed by atoms with van der Waals surface area (Å²) in [5.74, 6) is 0.749. The minimum atomic E-state index is 0.727. The van der Waals surface area contributed by atoms with Crippen molar-refractivity contribution in [1.82, 2.24) is 24.6 Å². The number of nitrogens with zero attached hydrogens (tertiary/aromatic N) is 4. The third kappa shape index (κ3) is 3.79. The fraction of sp³-hybridized carbons (Fsp3) is 0.273. The van der Waals surface area contributed by atoms with Crippen LogP contribution in [0.1, 0.15) is 12.1 Å². The summed E-state index contributed by atoms with van der Waals surface area (Å²) in [5, 5.41) is 4.20. The number of oxazole rings is 1. The molecule has 4 aromatic rings. The van der Waals surface area contributed by atoms with Crippen LogP contribution in [0.15, 0.2) is 59.6 Å². The molecule has 4 heterocycles. The monoisotopic (exact) mass is 407 g/mol.